The molecule has 0 aliphatic carbocycles. The van der Waals surface area contributed by atoms with E-state index in [4.69, 9.17) is 4.74 Å². The number of methoxy groups -OCH3 is 1. The van der Waals surface area contributed by atoms with Crippen molar-refractivity contribution in [3.05, 3.63) is 42.8 Å². The highest BCUT2D eigenvalue weighted by atomic mass is 79.9. The molecule has 1 aromatic heterocycles. The Morgan fingerprint density at radius 1 is 1.48 bits per heavy atom. The minimum Gasteiger partial charge on any atom is -0.493 e. The number of thiazole rings is 1. The van der Waals surface area contributed by atoms with Gasteiger partial charge in [0.25, 0.3) is 0 Å². The molecular formula is C16H15BrN2O3S. The molecule has 5 nitrogen and oxygen atoms in total. The number of nitrogens with zero attached hydrogens (tertiary/aromatic N) is 2. The number of rotatable bonds is 5. The third-order valence-electron chi connectivity index (χ3n) is 3.52. The van der Waals surface area contributed by atoms with Gasteiger partial charge in [-0.1, -0.05) is 27.3 Å². The predicted molar refractivity (Wildman–Crippen MR) is 96.9 cm³/mol. The number of halogens is 1. The molecule has 1 aromatic carbocycles. The molecule has 0 spiro atoms. The molecule has 0 atom stereocenters. The number of hydrogen-bond acceptors (Lipinski definition) is 5. The molecule has 7 heteroatoms. The molecule has 1 aliphatic rings. The van der Waals surface area contributed by atoms with Crippen LogP contribution in [0.3, 0.4) is 0 Å². The smallest absolute Gasteiger partial charge is 0.310 e. The predicted octanol–water partition coefficient (Wildman–Crippen LogP) is 3.67. The highest BCUT2D eigenvalue weighted by Crippen LogP contribution is 2.36. The fraction of sp³-hybridized carbons (Fsp3) is 0.250. The van der Waals surface area contributed by atoms with Crippen LogP contribution in [-0.4, -0.2) is 29.6 Å². The van der Waals surface area contributed by atoms with E-state index in [1.165, 1.54) is 4.57 Å². The van der Waals surface area contributed by atoms with E-state index in [9.17, 15) is 9.90 Å². The van der Waals surface area contributed by atoms with E-state index in [-0.39, 0.29) is 10.8 Å². The van der Waals surface area contributed by atoms with E-state index in [2.05, 4.69) is 20.9 Å². The van der Waals surface area contributed by atoms with Crippen molar-refractivity contribution in [1.29, 1.82) is 0 Å². The Hall–Kier alpha value is -1.70. The molecule has 0 amide bonds. The lowest BCUT2D eigenvalue weighted by Crippen LogP contribution is -2.13. The monoisotopic (exact) mass is 394 g/mol. The fourth-order valence-corrected chi connectivity index (χ4v) is 3.61. The van der Waals surface area contributed by atoms with Crippen LogP contribution in [0.1, 0.15) is 16.9 Å². The van der Waals surface area contributed by atoms with Crippen LogP contribution in [0.25, 0.3) is 11.6 Å². The second-order valence-corrected chi connectivity index (χ2v) is 6.98. The summed E-state index contributed by atoms with van der Waals surface area (Å²) < 4.78 is 7.32. The van der Waals surface area contributed by atoms with Crippen LogP contribution >= 0.6 is 27.3 Å². The summed E-state index contributed by atoms with van der Waals surface area (Å²) in [5, 5.41) is 10.3. The molecule has 0 saturated carbocycles. The van der Waals surface area contributed by atoms with Crippen molar-refractivity contribution in [1.82, 2.24) is 4.57 Å². The van der Waals surface area contributed by atoms with Crippen LogP contribution in [0.5, 0.6) is 5.88 Å². The minimum absolute atomic E-state index is 0.000417. The normalized spacial score (nSPS) is 14.6. The maximum atomic E-state index is 12.0. The zero-order valence-corrected chi connectivity index (χ0v) is 14.9. The Labute approximate surface area is 145 Å². The van der Waals surface area contributed by atoms with Crippen molar-refractivity contribution < 1.29 is 9.84 Å². The third kappa shape index (κ3) is 3.31. The van der Waals surface area contributed by atoms with Gasteiger partial charge in [0, 0.05) is 42.1 Å². The van der Waals surface area contributed by atoms with E-state index >= 15 is 0 Å². The average Bonchev–Trinajstić information content (AvgIpc) is 3.03. The summed E-state index contributed by atoms with van der Waals surface area (Å²) in [5.74, 6) is 0.000417. The van der Waals surface area contributed by atoms with E-state index in [0.29, 0.717) is 24.4 Å². The van der Waals surface area contributed by atoms with Gasteiger partial charge in [-0.05, 0) is 30.7 Å². The standard InChI is InChI=1S/C16H15BrN2O3S/c1-22-6-2-5-19-15(20)14(23-16(19)21)7-10-9-18-13-4-3-11(17)8-12(10)13/h3-4,7-9,20H,2,5-6H2,1H3/b10-7-. The Balaban J connectivity index is 1.93. The lowest BCUT2D eigenvalue weighted by Gasteiger charge is -2.03. The van der Waals surface area contributed by atoms with Gasteiger partial charge in [-0.25, -0.2) is 0 Å². The second kappa shape index (κ2) is 6.82. The molecule has 3 rings (SSSR count). The van der Waals surface area contributed by atoms with E-state index in [1.54, 1.807) is 19.4 Å². The number of fused-ring (bicyclic) bond motifs is 1. The van der Waals surface area contributed by atoms with Gasteiger partial charge in [0.2, 0.25) is 5.88 Å². The summed E-state index contributed by atoms with van der Waals surface area (Å²) in [7, 11) is 1.61. The van der Waals surface area contributed by atoms with Gasteiger partial charge in [-0.2, -0.15) is 0 Å². The molecule has 1 N–H and O–H groups in total. The molecule has 0 radical (unpaired) electrons. The van der Waals surface area contributed by atoms with E-state index in [1.807, 2.05) is 18.2 Å². The lowest BCUT2D eigenvalue weighted by molar-refractivity contribution is 0.189. The van der Waals surface area contributed by atoms with Gasteiger partial charge in [0.15, 0.2) is 0 Å². The highest BCUT2D eigenvalue weighted by Gasteiger charge is 2.16. The first kappa shape index (κ1) is 16.2. The Morgan fingerprint density at radius 3 is 3.09 bits per heavy atom. The Bertz CT molecular complexity index is 851. The third-order valence-corrected chi connectivity index (χ3v) is 4.93. The van der Waals surface area contributed by atoms with Crippen LogP contribution in [0, 0.1) is 0 Å². The zero-order valence-electron chi connectivity index (χ0n) is 12.5. The van der Waals surface area contributed by atoms with Crippen molar-refractivity contribution in [3.8, 4) is 5.88 Å². The van der Waals surface area contributed by atoms with Gasteiger partial charge in [-0.15, -0.1) is 0 Å². The van der Waals surface area contributed by atoms with Crippen LogP contribution in [-0.2, 0) is 11.3 Å². The fourth-order valence-electron chi connectivity index (χ4n) is 2.39. The number of hydrogen-bond donors (Lipinski definition) is 1. The largest absolute Gasteiger partial charge is 0.493 e. The molecule has 0 fully saturated rings. The van der Waals surface area contributed by atoms with E-state index < -0.39 is 0 Å². The number of ether oxygens (including phenoxy) is 1. The molecule has 0 bridgehead atoms. The maximum absolute atomic E-state index is 12.0. The number of aromatic nitrogens is 1. The SMILES string of the molecule is COCCCn1c(O)c(/C=C2/C=Nc3ccc(Br)cc32)sc1=O. The average molecular weight is 395 g/mol. The van der Waals surface area contributed by atoms with Crippen LogP contribution in [0.2, 0.25) is 0 Å². The topological polar surface area (TPSA) is 63.8 Å². The van der Waals surface area contributed by atoms with Crippen molar-refractivity contribution in [3.63, 3.8) is 0 Å². The molecule has 2 aromatic rings. The number of allylic oxidation sites excluding steroid dienone is 1. The summed E-state index contributed by atoms with van der Waals surface area (Å²) in [6, 6.07) is 5.83. The van der Waals surface area contributed by atoms with Crippen LogP contribution < -0.4 is 4.87 Å². The lowest BCUT2D eigenvalue weighted by atomic mass is 10.1. The molecule has 0 unspecified atom stereocenters. The quantitative estimate of drug-likeness (QED) is 0.786. The number of benzene rings is 1. The first-order chi connectivity index (χ1) is 11.1. The summed E-state index contributed by atoms with van der Waals surface area (Å²) >= 11 is 4.48. The van der Waals surface area contributed by atoms with Crippen molar-refractivity contribution >= 4 is 50.8 Å². The Morgan fingerprint density at radius 2 is 2.30 bits per heavy atom. The first-order valence-corrected chi connectivity index (χ1v) is 8.68. The van der Waals surface area contributed by atoms with Gasteiger partial charge < -0.3 is 9.84 Å². The maximum Gasteiger partial charge on any atom is 0.310 e. The zero-order chi connectivity index (χ0) is 16.4. The molecule has 23 heavy (non-hydrogen) atoms. The molecule has 2 heterocycles. The molecular weight excluding hydrogens is 380 g/mol. The van der Waals surface area contributed by atoms with Gasteiger partial charge >= 0.3 is 4.87 Å². The first-order valence-electron chi connectivity index (χ1n) is 7.07. The second-order valence-electron chi connectivity index (χ2n) is 5.07. The number of aliphatic imine (C=N–C) groups is 1. The molecule has 1 aliphatic heterocycles. The highest BCUT2D eigenvalue weighted by molar-refractivity contribution is 9.10. The van der Waals surface area contributed by atoms with Crippen molar-refractivity contribution in [2.75, 3.05) is 13.7 Å². The summed E-state index contributed by atoms with van der Waals surface area (Å²) in [4.78, 5) is 16.8. The number of aromatic hydroxyl groups is 1. The summed E-state index contributed by atoms with van der Waals surface area (Å²) in [6.07, 6.45) is 4.22. The van der Waals surface area contributed by atoms with E-state index in [0.717, 1.165) is 32.6 Å². The Kier molecular flexibility index (Phi) is 4.79. The molecule has 0 saturated heterocycles. The molecule has 120 valence electrons. The minimum atomic E-state index is -0.171. The van der Waals surface area contributed by atoms with Gasteiger partial charge in [-0.3, -0.25) is 14.4 Å². The van der Waals surface area contributed by atoms with Crippen molar-refractivity contribution in [2.45, 2.75) is 13.0 Å². The summed E-state index contributed by atoms with van der Waals surface area (Å²) in [5.41, 5.74) is 2.73. The van der Waals surface area contributed by atoms with Gasteiger partial charge in [0.1, 0.15) is 0 Å². The van der Waals surface area contributed by atoms with Crippen LogP contribution in [0.15, 0.2) is 32.5 Å². The van der Waals surface area contributed by atoms with Crippen LogP contribution in [0.4, 0.5) is 5.69 Å². The van der Waals surface area contributed by atoms with Crippen molar-refractivity contribution in [2.24, 2.45) is 4.99 Å². The summed E-state index contributed by atoms with van der Waals surface area (Å²) in [6.45, 7) is 0.987. The van der Waals surface area contributed by atoms with Gasteiger partial charge in [0.05, 0.1) is 10.6 Å².